The summed E-state index contributed by atoms with van der Waals surface area (Å²) in [5.41, 5.74) is 3.94. The lowest BCUT2D eigenvalue weighted by Crippen LogP contribution is -2.27. The molecule has 2 aromatic rings. The van der Waals surface area contributed by atoms with Gasteiger partial charge >= 0.3 is 5.97 Å². The predicted molar refractivity (Wildman–Crippen MR) is 155 cm³/mol. The lowest BCUT2D eigenvalue weighted by molar-refractivity contribution is -0.150. The average molecular weight is 565 g/mol. The van der Waals surface area contributed by atoms with E-state index < -0.39 is 14.0 Å². The number of nitriles is 1. The van der Waals surface area contributed by atoms with Crippen LogP contribution in [0.1, 0.15) is 72.1 Å². The number of carbonyl (C=O) groups is 2. The molecule has 1 aromatic carbocycles. The first kappa shape index (κ1) is 29.7. The number of hydrogen-bond donors (Lipinski definition) is 1. The summed E-state index contributed by atoms with van der Waals surface area (Å²) >= 11 is 0. The van der Waals surface area contributed by atoms with Crippen LogP contribution >= 0.6 is 0 Å². The highest BCUT2D eigenvalue weighted by molar-refractivity contribution is 6.76. The number of methoxy groups -OCH3 is 1. The van der Waals surface area contributed by atoms with Crippen LogP contribution in [0.15, 0.2) is 30.5 Å². The third-order valence-corrected chi connectivity index (χ3v) is 9.14. The van der Waals surface area contributed by atoms with Crippen LogP contribution in [0.3, 0.4) is 0 Å². The van der Waals surface area contributed by atoms with Crippen molar-refractivity contribution in [3.63, 3.8) is 0 Å². The fourth-order valence-corrected chi connectivity index (χ4v) is 5.86. The highest BCUT2D eigenvalue weighted by Crippen LogP contribution is 2.38. The zero-order chi connectivity index (χ0) is 28.7. The fraction of sp³-hybridized carbons (Fsp3) is 0.533. The van der Waals surface area contributed by atoms with Crippen molar-refractivity contribution in [2.24, 2.45) is 5.92 Å². The summed E-state index contributed by atoms with van der Waals surface area (Å²) in [5.74, 6) is -0.667. The molecule has 0 spiro atoms. The van der Waals surface area contributed by atoms with E-state index in [1.807, 2.05) is 18.2 Å². The van der Waals surface area contributed by atoms with Crippen LogP contribution in [0.25, 0.3) is 5.57 Å². The lowest BCUT2D eigenvalue weighted by Gasteiger charge is -2.29. The molecule has 1 aliphatic carbocycles. The van der Waals surface area contributed by atoms with Crippen LogP contribution in [0.5, 0.6) is 0 Å². The Labute approximate surface area is 237 Å². The summed E-state index contributed by atoms with van der Waals surface area (Å²) in [6.45, 7) is 8.08. The van der Waals surface area contributed by atoms with Gasteiger partial charge < -0.3 is 24.1 Å². The van der Waals surface area contributed by atoms with Crippen molar-refractivity contribution >= 4 is 31.2 Å². The van der Waals surface area contributed by atoms with Gasteiger partial charge in [0.05, 0.1) is 19.1 Å². The summed E-state index contributed by atoms with van der Waals surface area (Å²) in [7, 11) is 0.165. The molecule has 9 nitrogen and oxygen atoms in total. The minimum Gasteiger partial charge on any atom is -0.469 e. The van der Waals surface area contributed by atoms with Crippen molar-refractivity contribution in [1.82, 2.24) is 9.55 Å². The summed E-state index contributed by atoms with van der Waals surface area (Å²) in [4.78, 5) is 29.9. The van der Waals surface area contributed by atoms with Crippen molar-refractivity contribution < 1.29 is 23.8 Å². The molecule has 40 heavy (non-hydrogen) atoms. The third kappa shape index (κ3) is 7.68. The number of nitrogens with zero attached hydrogens (tertiary/aromatic N) is 3. The maximum atomic E-state index is 13.5. The maximum Gasteiger partial charge on any atom is 0.308 e. The van der Waals surface area contributed by atoms with Crippen LogP contribution < -0.4 is 5.32 Å². The zero-order valence-corrected chi connectivity index (χ0v) is 25.0. The first-order valence-electron chi connectivity index (χ1n) is 14.1. The number of amides is 1. The number of esters is 1. The van der Waals surface area contributed by atoms with Gasteiger partial charge in [0.2, 0.25) is 5.82 Å². The van der Waals surface area contributed by atoms with E-state index >= 15 is 0 Å². The van der Waals surface area contributed by atoms with Gasteiger partial charge in [-0.15, -0.1) is 0 Å². The molecular formula is C30H40N4O5Si. The van der Waals surface area contributed by atoms with Crippen molar-refractivity contribution in [3.8, 4) is 6.07 Å². The minimum absolute atomic E-state index is 0.133. The third-order valence-electron chi connectivity index (χ3n) is 7.44. The van der Waals surface area contributed by atoms with Gasteiger partial charge in [0.15, 0.2) is 5.69 Å². The van der Waals surface area contributed by atoms with Crippen LogP contribution in [0, 0.1) is 17.2 Å². The van der Waals surface area contributed by atoms with E-state index in [0.29, 0.717) is 31.7 Å². The van der Waals surface area contributed by atoms with Gasteiger partial charge in [-0.25, -0.2) is 4.98 Å². The maximum absolute atomic E-state index is 13.5. The summed E-state index contributed by atoms with van der Waals surface area (Å²) in [5, 5.41) is 12.5. The number of benzene rings is 1. The molecule has 1 N–H and O–H groups in total. The quantitative estimate of drug-likeness (QED) is 0.216. The Kier molecular flexibility index (Phi) is 9.95. The average Bonchev–Trinajstić information content (AvgIpc) is 3.38. The van der Waals surface area contributed by atoms with Crippen LogP contribution in [-0.2, 0) is 25.7 Å². The van der Waals surface area contributed by atoms with Gasteiger partial charge in [0.25, 0.3) is 5.91 Å². The number of rotatable bonds is 10. The molecule has 1 saturated heterocycles. The van der Waals surface area contributed by atoms with Crippen molar-refractivity contribution in [2.45, 2.75) is 77.0 Å². The number of imidazole rings is 1. The second-order valence-electron chi connectivity index (χ2n) is 11.7. The number of nitrogens with one attached hydrogen (secondary N) is 1. The molecule has 10 heteroatoms. The molecule has 214 valence electrons. The smallest absolute Gasteiger partial charge is 0.308 e. The fourth-order valence-electron chi connectivity index (χ4n) is 5.10. The topological polar surface area (TPSA) is 115 Å². The van der Waals surface area contributed by atoms with Crippen molar-refractivity contribution in [3.05, 3.63) is 53.1 Å². The Balaban J connectivity index is 1.57. The summed E-state index contributed by atoms with van der Waals surface area (Å²) in [6.07, 6.45) is 8.89. The molecule has 1 aromatic heterocycles. The van der Waals surface area contributed by atoms with E-state index in [2.05, 4.69) is 42.1 Å². The molecule has 4 rings (SSSR count). The first-order valence-corrected chi connectivity index (χ1v) is 17.8. The van der Waals surface area contributed by atoms with Crippen LogP contribution in [0.2, 0.25) is 25.7 Å². The van der Waals surface area contributed by atoms with E-state index in [1.165, 1.54) is 12.7 Å². The number of aromatic nitrogens is 2. The number of anilines is 1. The molecule has 1 amide bonds. The molecule has 1 fully saturated rings. The largest absolute Gasteiger partial charge is 0.469 e. The summed E-state index contributed by atoms with van der Waals surface area (Å²) in [6, 6.07) is 8.94. The molecule has 1 aliphatic heterocycles. The van der Waals surface area contributed by atoms with E-state index in [-0.39, 0.29) is 36.2 Å². The molecule has 2 heterocycles. The van der Waals surface area contributed by atoms with Crippen LogP contribution in [-0.4, -0.2) is 49.8 Å². The number of carbonyl (C=O) groups excluding carboxylic acids is 2. The molecule has 0 saturated carbocycles. The van der Waals surface area contributed by atoms with Gasteiger partial charge in [-0.2, -0.15) is 5.26 Å². The molecular weight excluding hydrogens is 524 g/mol. The molecule has 2 atom stereocenters. The standard InChI is InChI=1S/C30H40N4O5Si/c1-37-30(36)23-12-13-39-27(17-23)22-10-11-26(25(16-22)21-8-6-5-7-9-21)33-29(35)28-32-24(18-31)19-34(28)20-38-14-15-40(2,3)4/h8,10-11,16,19,23,27H,5-7,9,12-15,17,20H2,1-4H3,(H,33,35). The van der Waals surface area contributed by atoms with E-state index in [0.717, 1.165) is 42.9 Å². The Bertz CT molecular complexity index is 1290. The molecule has 2 aliphatic rings. The SMILES string of the molecule is COC(=O)C1CCOC(c2ccc(NC(=O)c3nc(C#N)cn3COCC[Si](C)(C)C)c(C3=CCCCC3)c2)C1. The number of allylic oxidation sites excluding steroid dienone is 2. The number of ether oxygens (including phenoxy) is 3. The second-order valence-corrected chi connectivity index (χ2v) is 17.3. The first-order chi connectivity index (χ1) is 19.2. The summed E-state index contributed by atoms with van der Waals surface area (Å²) < 4.78 is 18.5. The van der Waals surface area contributed by atoms with Gasteiger partial charge in [0, 0.05) is 38.7 Å². The minimum atomic E-state index is -1.25. The van der Waals surface area contributed by atoms with Gasteiger partial charge in [-0.3, -0.25) is 9.59 Å². The predicted octanol–water partition coefficient (Wildman–Crippen LogP) is 5.92. The second kappa shape index (κ2) is 13.4. The van der Waals surface area contributed by atoms with Gasteiger partial charge in [0.1, 0.15) is 12.8 Å². The monoisotopic (exact) mass is 564 g/mol. The zero-order valence-electron chi connectivity index (χ0n) is 24.0. The Hall–Kier alpha value is -3.26. The Morgan fingerprint density at radius 2 is 2.10 bits per heavy atom. The molecule has 2 unspecified atom stereocenters. The lowest BCUT2D eigenvalue weighted by atomic mass is 9.88. The van der Waals surface area contributed by atoms with E-state index in [4.69, 9.17) is 14.2 Å². The van der Waals surface area contributed by atoms with E-state index in [1.54, 1.807) is 10.8 Å². The van der Waals surface area contributed by atoms with Crippen molar-refractivity contribution in [2.75, 3.05) is 25.6 Å². The van der Waals surface area contributed by atoms with Gasteiger partial charge in [-0.05, 0) is 67.8 Å². The molecule has 0 radical (unpaired) electrons. The van der Waals surface area contributed by atoms with E-state index in [9.17, 15) is 14.9 Å². The Morgan fingerprint density at radius 3 is 2.80 bits per heavy atom. The molecule has 0 bridgehead atoms. The highest BCUT2D eigenvalue weighted by atomic mass is 28.3. The number of hydrogen-bond acceptors (Lipinski definition) is 7. The van der Waals surface area contributed by atoms with Crippen molar-refractivity contribution in [1.29, 1.82) is 5.26 Å². The Morgan fingerprint density at radius 1 is 1.27 bits per heavy atom. The van der Waals surface area contributed by atoms with Crippen LogP contribution in [0.4, 0.5) is 5.69 Å². The normalized spacial score (nSPS) is 19.4. The highest BCUT2D eigenvalue weighted by Gasteiger charge is 2.30. The van der Waals surface area contributed by atoms with Gasteiger partial charge in [-0.1, -0.05) is 31.8 Å².